The molecule has 0 unspecified atom stereocenters. The molecule has 2 nitrogen and oxygen atoms in total. The van der Waals surface area contributed by atoms with Gasteiger partial charge in [0.1, 0.15) is 0 Å². The zero-order valence-electron chi connectivity index (χ0n) is 38.8. The van der Waals surface area contributed by atoms with E-state index in [9.17, 15) is 0 Å². The molecule has 63 heavy (non-hydrogen) atoms. The predicted octanol–water partition coefficient (Wildman–Crippen LogP) is 14.4. The van der Waals surface area contributed by atoms with Crippen LogP contribution in [0.15, 0.2) is 121 Å². The van der Waals surface area contributed by atoms with Crippen LogP contribution < -0.4 is 26.2 Å². The Kier molecular flexibility index (Phi) is 7.93. The van der Waals surface area contributed by atoms with E-state index >= 15 is 0 Å². The van der Waals surface area contributed by atoms with Gasteiger partial charge in [0.25, 0.3) is 6.71 Å². The Labute approximate surface area is 378 Å². The van der Waals surface area contributed by atoms with Gasteiger partial charge in [-0.05, 0) is 153 Å². The zero-order chi connectivity index (χ0) is 43.7. The second-order valence-corrected chi connectivity index (χ2v) is 22.9. The summed E-state index contributed by atoms with van der Waals surface area (Å²) in [6.07, 6.45) is 2.38. The number of hydrogen-bond acceptors (Lipinski definition) is 3. The summed E-state index contributed by atoms with van der Waals surface area (Å²) in [4.78, 5) is 5.37. The topological polar surface area (TPSA) is 6.48 Å². The Morgan fingerprint density at radius 2 is 1.05 bits per heavy atom. The lowest BCUT2D eigenvalue weighted by molar-refractivity contribution is 0.332. The van der Waals surface area contributed by atoms with E-state index in [2.05, 4.69) is 207 Å². The molecule has 0 N–H and O–H groups in total. The van der Waals surface area contributed by atoms with Crippen molar-refractivity contribution in [3.8, 4) is 0 Å². The highest BCUT2D eigenvalue weighted by atomic mass is 32.1. The van der Waals surface area contributed by atoms with E-state index in [1.54, 1.807) is 0 Å². The molecule has 0 atom stereocenters. The summed E-state index contributed by atoms with van der Waals surface area (Å²) in [6, 6.07) is 47.7. The SMILES string of the molecule is Cc1cc2c3c(c1)N(c1ccccc1C)c1c(ccc4sc5ccccc5c14)B3c1cc3c(cc1N2c1cc2c(cc1C)C(C)(C)CCC2(C)C)C(C)(C)c1ccccc1C3(C)C. The molecule has 4 aliphatic rings. The van der Waals surface area contributed by atoms with Crippen molar-refractivity contribution in [2.24, 2.45) is 0 Å². The third-order valence-electron chi connectivity index (χ3n) is 16.2. The molecule has 4 heteroatoms. The quantitative estimate of drug-likeness (QED) is 0.160. The number of nitrogens with zero attached hydrogens (tertiary/aromatic N) is 2. The van der Waals surface area contributed by atoms with E-state index < -0.39 is 0 Å². The summed E-state index contributed by atoms with van der Waals surface area (Å²) in [7, 11) is 0. The molecule has 7 aromatic carbocycles. The van der Waals surface area contributed by atoms with E-state index in [0.29, 0.717) is 0 Å². The van der Waals surface area contributed by atoms with Gasteiger partial charge in [-0.25, -0.2) is 0 Å². The largest absolute Gasteiger partial charge is 0.311 e. The number of thiophene rings is 1. The van der Waals surface area contributed by atoms with Crippen molar-refractivity contribution in [2.45, 2.75) is 111 Å². The number of anilines is 6. The summed E-state index contributed by atoms with van der Waals surface area (Å²) in [5.74, 6) is 0. The molecule has 0 saturated heterocycles. The van der Waals surface area contributed by atoms with Crippen molar-refractivity contribution in [1.29, 1.82) is 0 Å². The lowest BCUT2D eigenvalue weighted by Gasteiger charge is -2.49. The molecule has 1 aromatic heterocycles. The standard InChI is InChI=1S/C59H57BN2S/c1-34-28-49-54-50(29-34)62(46-22-16-12-18-35(46)2)55-44(24-25-52-53(55)37-19-13-17-23-51(37)63-52)60(54)45-31-42-43(59(10,11)39-21-15-14-20-38(39)58(42,8)9)33-48(45)61(49)47-32-41-40(30-36(47)3)56(4,5)26-27-57(41,6)7/h12-25,28-33H,26-27H2,1-11H3. The highest BCUT2D eigenvalue weighted by Crippen LogP contribution is 2.55. The Hall–Kier alpha value is -5.58. The first kappa shape index (κ1) is 39.0. The van der Waals surface area contributed by atoms with Crippen molar-refractivity contribution in [1.82, 2.24) is 0 Å². The molecule has 8 aromatic rings. The summed E-state index contributed by atoms with van der Waals surface area (Å²) in [5.41, 5.74) is 24.4. The predicted molar refractivity (Wildman–Crippen MR) is 274 cm³/mol. The summed E-state index contributed by atoms with van der Waals surface area (Å²) < 4.78 is 2.67. The van der Waals surface area contributed by atoms with E-state index in [1.807, 2.05) is 11.3 Å². The molecule has 3 heterocycles. The van der Waals surface area contributed by atoms with Crippen LogP contribution in [0.1, 0.15) is 118 Å². The van der Waals surface area contributed by atoms with Crippen LogP contribution in [0, 0.1) is 20.8 Å². The fourth-order valence-corrected chi connectivity index (χ4v) is 13.8. The number of fused-ring (bicyclic) bond motifs is 11. The number of aryl methyl sites for hydroxylation is 3. The molecule has 0 bridgehead atoms. The lowest BCUT2D eigenvalue weighted by Crippen LogP contribution is -2.62. The molecule has 12 rings (SSSR count). The average molecular weight is 837 g/mol. The second kappa shape index (κ2) is 12.8. The van der Waals surface area contributed by atoms with Crippen molar-refractivity contribution in [2.75, 3.05) is 9.80 Å². The minimum Gasteiger partial charge on any atom is -0.311 e. The summed E-state index contributed by atoms with van der Waals surface area (Å²) in [5, 5.41) is 2.69. The third-order valence-corrected chi connectivity index (χ3v) is 17.4. The molecule has 2 aliphatic heterocycles. The van der Waals surface area contributed by atoms with Crippen LogP contribution in [0.5, 0.6) is 0 Å². The molecular formula is C59H57BN2S. The average Bonchev–Trinajstić information content (AvgIpc) is 3.64. The van der Waals surface area contributed by atoms with Crippen molar-refractivity contribution >= 4 is 88.7 Å². The van der Waals surface area contributed by atoms with Gasteiger partial charge in [-0.3, -0.25) is 0 Å². The van der Waals surface area contributed by atoms with Crippen LogP contribution >= 0.6 is 11.3 Å². The minimum atomic E-state index is -0.190. The molecule has 312 valence electrons. The fourth-order valence-electron chi connectivity index (χ4n) is 12.6. The molecule has 0 spiro atoms. The van der Waals surface area contributed by atoms with E-state index in [1.165, 1.54) is 134 Å². The number of hydrogen-bond donors (Lipinski definition) is 0. The van der Waals surface area contributed by atoms with Crippen LogP contribution in [0.4, 0.5) is 34.1 Å². The first-order valence-corrected chi connectivity index (χ1v) is 24.0. The van der Waals surface area contributed by atoms with Crippen molar-refractivity contribution in [3.63, 3.8) is 0 Å². The maximum Gasteiger partial charge on any atom is 0.252 e. The highest BCUT2D eigenvalue weighted by Gasteiger charge is 2.49. The molecule has 0 fully saturated rings. The Morgan fingerprint density at radius 1 is 0.460 bits per heavy atom. The molecule has 0 amide bonds. The van der Waals surface area contributed by atoms with Gasteiger partial charge < -0.3 is 9.80 Å². The van der Waals surface area contributed by atoms with Gasteiger partial charge in [-0.2, -0.15) is 0 Å². The molecule has 0 saturated carbocycles. The first-order valence-electron chi connectivity index (χ1n) is 23.2. The van der Waals surface area contributed by atoms with E-state index in [0.717, 1.165) is 0 Å². The zero-order valence-corrected chi connectivity index (χ0v) is 39.7. The molecular weight excluding hydrogens is 780 g/mol. The van der Waals surface area contributed by atoms with Gasteiger partial charge in [0.15, 0.2) is 0 Å². The van der Waals surface area contributed by atoms with Crippen LogP contribution in [0.25, 0.3) is 20.2 Å². The van der Waals surface area contributed by atoms with E-state index in [-0.39, 0.29) is 28.4 Å². The van der Waals surface area contributed by atoms with Gasteiger partial charge in [-0.1, -0.05) is 134 Å². The van der Waals surface area contributed by atoms with Crippen LogP contribution in [0.2, 0.25) is 0 Å². The first-order chi connectivity index (χ1) is 30.0. The molecule has 0 radical (unpaired) electrons. The van der Waals surface area contributed by atoms with Crippen molar-refractivity contribution in [3.05, 3.63) is 171 Å². The summed E-state index contributed by atoms with van der Waals surface area (Å²) in [6.45, 7) is 26.7. The van der Waals surface area contributed by atoms with Gasteiger partial charge >= 0.3 is 0 Å². The maximum absolute atomic E-state index is 2.72. The smallest absolute Gasteiger partial charge is 0.252 e. The monoisotopic (exact) mass is 836 g/mol. The highest BCUT2D eigenvalue weighted by molar-refractivity contribution is 7.26. The lowest BCUT2D eigenvalue weighted by atomic mass is 9.33. The van der Waals surface area contributed by atoms with Gasteiger partial charge in [0.2, 0.25) is 0 Å². The van der Waals surface area contributed by atoms with Crippen molar-refractivity contribution < 1.29 is 0 Å². The summed E-state index contributed by atoms with van der Waals surface area (Å²) >= 11 is 1.92. The maximum atomic E-state index is 2.72. The number of para-hydroxylation sites is 1. The Bertz CT molecular complexity index is 3300. The fraction of sp³-hybridized carbons (Fsp3) is 0.288. The van der Waals surface area contributed by atoms with E-state index in [4.69, 9.17) is 0 Å². The van der Waals surface area contributed by atoms with Gasteiger partial charge in [0.05, 0.1) is 5.69 Å². The third kappa shape index (κ3) is 5.19. The van der Waals surface area contributed by atoms with Crippen LogP contribution in [-0.2, 0) is 21.7 Å². The van der Waals surface area contributed by atoms with Crippen LogP contribution in [0.3, 0.4) is 0 Å². The second-order valence-electron chi connectivity index (χ2n) is 21.8. The number of rotatable bonds is 2. The normalized spacial score (nSPS) is 18.0. The number of benzene rings is 7. The van der Waals surface area contributed by atoms with Gasteiger partial charge in [-0.15, -0.1) is 11.3 Å². The van der Waals surface area contributed by atoms with Gasteiger partial charge in [0, 0.05) is 59.4 Å². The van der Waals surface area contributed by atoms with Crippen LogP contribution in [-0.4, -0.2) is 6.71 Å². The minimum absolute atomic E-state index is 0.0230. The Morgan fingerprint density at radius 3 is 1.75 bits per heavy atom. The Balaban J connectivity index is 1.25. The molecule has 2 aliphatic carbocycles.